The molecule has 0 bridgehead atoms. The van der Waals surface area contributed by atoms with Gasteiger partial charge in [0.2, 0.25) is 0 Å². The number of aromatic nitrogens is 1. The van der Waals surface area contributed by atoms with E-state index in [0.717, 1.165) is 0 Å². The zero-order valence-electron chi connectivity index (χ0n) is 6.93. The molecule has 0 saturated carbocycles. The fraction of sp³-hybridized carbons (Fsp3) is 0.286. The number of nitrogens with zero attached hydrogens (tertiary/aromatic N) is 1. The molecule has 0 aliphatic rings. The van der Waals surface area contributed by atoms with Gasteiger partial charge in [-0.15, -0.1) is 0 Å². The van der Waals surface area contributed by atoms with Gasteiger partial charge >= 0.3 is 0 Å². The fourth-order valence-corrected chi connectivity index (χ4v) is 0.976. The predicted octanol–water partition coefficient (Wildman–Crippen LogP) is 1.35. The molecule has 0 spiro atoms. The second-order valence-corrected chi connectivity index (χ2v) is 3.08. The van der Waals surface area contributed by atoms with Crippen molar-refractivity contribution in [2.24, 2.45) is 0 Å². The molecule has 0 fully saturated rings. The standard InChI is InChI=1S/C5H5NO3S.C2H6/c7-10(8,9)5-1-3-6-4-2-5;1-2/h1-4H,(H,7,8,9);1-2H3. The molecule has 1 heterocycles. The van der Waals surface area contributed by atoms with Crippen molar-refractivity contribution in [3.05, 3.63) is 24.5 Å². The number of pyridine rings is 1. The molecule has 0 radical (unpaired) electrons. The Bertz CT molecular complexity index is 307. The Hall–Kier alpha value is -0.940. The third kappa shape index (κ3) is 3.45. The van der Waals surface area contributed by atoms with Gasteiger partial charge in [-0.25, -0.2) is 0 Å². The van der Waals surface area contributed by atoms with E-state index >= 15 is 0 Å². The minimum absolute atomic E-state index is 0.137. The van der Waals surface area contributed by atoms with Gasteiger partial charge in [0.15, 0.2) is 0 Å². The highest BCUT2D eigenvalue weighted by Gasteiger charge is 2.06. The van der Waals surface area contributed by atoms with Crippen molar-refractivity contribution in [2.45, 2.75) is 18.7 Å². The lowest BCUT2D eigenvalue weighted by Crippen LogP contribution is -1.96. The van der Waals surface area contributed by atoms with Crippen molar-refractivity contribution in [1.29, 1.82) is 0 Å². The van der Waals surface area contributed by atoms with Crippen molar-refractivity contribution in [2.75, 3.05) is 0 Å². The second kappa shape index (κ2) is 4.84. The summed E-state index contributed by atoms with van der Waals surface area (Å²) in [7, 11) is -4.04. The van der Waals surface area contributed by atoms with Gasteiger partial charge in [-0.1, -0.05) is 13.8 Å². The monoisotopic (exact) mass is 189 g/mol. The first-order valence-corrected chi connectivity index (χ1v) is 4.92. The lowest BCUT2D eigenvalue weighted by atomic mass is 10.5. The Morgan fingerprint density at radius 1 is 1.25 bits per heavy atom. The topological polar surface area (TPSA) is 67.3 Å². The first-order valence-electron chi connectivity index (χ1n) is 3.48. The molecule has 0 aliphatic heterocycles. The van der Waals surface area contributed by atoms with Crippen LogP contribution in [0, 0.1) is 0 Å². The molecule has 0 saturated heterocycles. The van der Waals surface area contributed by atoms with Gasteiger partial charge in [0.1, 0.15) is 0 Å². The summed E-state index contributed by atoms with van der Waals surface area (Å²) in [6.45, 7) is 4.00. The van der Waals surface area contributed by atoms with E-state index in [9.17, 15) is 8.42 Å². The molecule has 0 atom stereocenters. The van der Waals surface area contributed by atoms with Crippen molar-refractivity contribution in [1.82, 2.24) is 4.98 Å². The van der Waals surface area contributed by atoms with Gasteiger partial charge in [0.25, 0.3) is 10.1 Å². The summed E-state index contributed by atoms with van der Waals surface area (Å²) in [4.78, 5) is 3.45. The van der Waals surface area contributed by atoms with Crippen molar-refractivity contribution in [3.8, 4) is 0 Å². The highest BCUT2D eigenvalue weighted by Crippen LogP contribution is 2.03. The SMILES string of the molecule is CC.O=S(=O)(O)c1ccncc1. The Balaban J connectivity index is 0.000000561. The van der Waals surface area contributed by atoms with Gasteiger partial charge in [-0.2, -0.15) is 8.42 Å². The Morgan fingerprint density at radius 3 is 1.92 bits per heavy atom. The molecule has 68 valence electrons. The fourth-order valence-electron chi connectivity index (χ4n) is 0.510. The highest BCUT2D eigenvalue weighted by atomic mass is 32.2. The van der Waals surface area contributed by atoms with E-state index in [2.05, 4.69) is 4.98 Å². The quantitative estimate of drug-likeness (QED) is 0.677. The average Bonchev–Trinajstić information content (AvgIpc) is 2.08. The summed E-state index contributed by atoms with van der Waals surface area (Å²) in [6.07, 6.45) is 2.59. The molecule has 0 aliphatic carbocycles. The number of hydrogen-bond donors (Lipinski definition) is 1. The van der Waals surface area contributed by atoms with Crippen LogP contribution in [0.4, 0.5) is 0 Å². The summed E-state index contributed by atoms with van der Waals surface area (Å²) < 4.78 is 29.2. The van der Waals surface area contributed by atoms with Gasteiger partial charge in [0.05, 0.1) is 4.90 Å². The summed E-state index contributed by atoms with van der Waals surface area (Å²) in [5, 5.41) is 0. The van der Waals surface area contributed by atoms with Crippen molar-refractivity contribution >= 4 is 10.1 Å². The highest BCUT2D eigenvalue weighted by molar-refractivity contribution is 7.85. The summed E-state index contributed by atoms with van der Waals surface area (Å²) in [6, 6.07) is 2.44. The molecule has 5 heteroatoms. The van der Waals surface area contributed by atoms with Crippen LogP contribution >= 0.6 is 0 Å². The van der Waals surface area contributed by atoms with Crippen LogP contribution in [0.2, 0.25) is 0 Å². The maximum Gasteiger partial charge on any atom is 0.294 e. The van der Waals surface area contributed by atoms with Crippen LogP contribution in [0.1, 0.15) is 13.8 Å². The first kappa shape index (κ1) is 11.1. The maximum atomic E-state index is 10.4. The van der Waals surface area contributed by atoms with Crippen LogP contribution in [0.15, 0.2) is 29.4 Å². The number of rotatable bonds is 1. The van der Waals surface area contributed by atoms with Crippen LogP contribution in [-0.4, -0.2) is 18.0 Å². The lowest BCUT2D eigenvalue weighted by Gasteiger charge is -1.91. The summed E-state index contributed by atoms with van der Waals surface area (Å²) >= 11 is 0. The van der Waals surface area contributed by atoms with Crippen LogP contribution in [0.3, 0.4) is 0 Å². The Kier molecular flexibility index (Phi) is 4.46. The largest absolute Gasteiger partial charge is 0.294 e. The molecule has 0 amide bonds. The van der Waals surface area contributed by atoms with E-state index in [1.165, 1.54) is 24.5 Å². The Morgan fingerprint density at radius 2 is 1.67 bits per heavy atom. The molecule has 1 rings (SSSR count). The van der Waals surface area contributed by atoms with Crippen LogP contribution in [0.25, 0.3) is 0 Å². The summed E-state index contributed by atoms with van der Waals surface area (Å²) in [5.41, 5.74) is 0. The Labute approximate surface area is 72.0 Å². The van der Waals surface area contributed by atoms with E-state index in [0.29, 0.717) is 0 Å². The normalized spacial score (nSPS) is 9.92. The van der Waals surface area contributed by atoms with E-state index in [-0.39, 0.29) is 4.90 Å². The molecule has 1 N–H and O–H groups in total. The second-order valence-electron chi connectivity index (χ2n) is 1.66. The lowest BCUT2D eigenvalue weighted by molar-refractivity contribution is 0.483. The molecule has 1 aromatic rings. The third-order valence-electron chi connectivity index (χ3n) is 0.948. The van der Waals surface area contributed by atoms with E-state index in [4.69, 9.17) is 4.55 Å². The minimum atomic E-state index is -4.04. The van der Waals surface area contributed by atoms with Gasteiger partial charge in [0, 0.05) is 12.4 Å². The van der Waals surface area contributed by atoms with E-state index in [1.54, 1.807) is 0 Å². The van der Waals surface area contributed by atoms with Crippen LogP contribution in [0.5, 0.6) is 0 Å². The van der Waals surface area contributed by atoms with E-state index in [1.807, 2.05) is 13.8 Å². The minimum Gasteiger partial charge on any atom is -0.282 e. The zero-order valence-corrected chi connectivity index (χ0v) is 7.75. The van der Waals surface area contributed by atoms with Gasteiger partial charge in [-0.3, -0.25) is 9.54 Å². The molecule has 12 heavy (non-hydrogen) atoms. The van der Waals surface area contributed by atoms with Crippen LogP contribution in [-0.2, 0) is 10.1 Å². The molecule has 0 aromatic carbocycles. The molecule has 4 nitrogen and oxygen atoms in total. The van der Waals surface area contributed by atoms with Crippen LogP contribution < -0.4 is 0 Å². The average molecular weight is 189 g/mol. The third-order valence-corrected chi connectivity index (χ3v) is 1.82. The molecular formula is C7H11NO3S. The smallest absolute Gasteiger partial charge is 0.282 e. The van der Waals surface area contributed by atoms with Gasteiger partial charge in [-0.05, 0) is 12.1 Å². The summed E-state index contributed by atoms with van der Waals surface area (Å²) in [5.74, 6) is 0. The maximum absolute atomic E-state index is 10.4. The van der Waals surface area contributed by atoms with E-state index < -0.39 is 10.1 Å². The molecule has 1 aromatic heterocycles. The number of hydrogen-bond acceptors (Lipinski definition) is 3. The van der Waals surface area contributed by atoms with Crippen molar-refractivity contribution in [3.63, 3.8) is 0 Å². The molecular weight excluding hydrogens is 178 g/mol. The molecule has 0 unspecified atom stereocenters. The predicted molar refractivity (Wildman–Crippen MR) is 45.4 cm³/mol. The van der Waals surface area contributed by atoms with Gasteiger partial charge < -0.3 is 0 Å². The first-order chi connectivity index (χ1) is 5.61. The van der Waals surface area contributed by atoms with Crippen molar-refractivity contribution < 1.29 is 13.0 Å². The zero-order chi connectivity index (χ0) is 9.61.